The monoisotopic (exact) mass is 281 g/mol. The van der Waals surface area contributed by atoms with Crippen LogP contribution in [0.1, 0.15) is 31.9 Å². The van der Waals surface area contributed by atoms with Crippen molar-refractivity contribution in [3.8, 4) is 5.75 Å². The average Bonchev–Trinajstić information content (AvgIpc) is 2.33. The van der Waals surface area contributed by atoms with Gasteiger partial charge in [0.25, 0.3) is 0 Å². The summed E-state index contributed by atoms with van der Waals surface area (Å²) in [5.74, 6) is -1.44. The lowest BCUT2D eigenvalue weighted by Gasteiger charge is -2.16. The number of carbonyl (C=O) groups is 2. The summed E-state index contributed by atoms with van der Waals surface area (Å²) in [5, 5.41) is 20.5. The van der Waals surface area contributed by atoms with Crippen molar-refractivity contribution in [2.75, 3.05) is 6.54 Å². The highest BCUT2D eigenvalue weighted by molar-refractivity contribution is 5.76. The molecule has 110 valence electrons. The van der Waals surface area contributed by atoms with Gasteiger partial charge in [0.05, 0.1) is 12.5 Å². The Labute approximate surface area is 117 Å². The van der Waals surface area contributed by atoms with Crippen LogP contribution in [-0.2, 0) is 9.59 Å². The van der Waals surface area contributed by atoms with Crippen molar-refractivity contribution in [3.05, 3.63) is 29.8 Å². The van der Waals surface area contributed by atoms with Gasteiger partial charge in [0, 0.05) is 6.54 Å². The number of carboxylic acid groups (broad SMARTS) is 2. The van der Waals surface area contributed by atoms with E-state index in [1.807, 2.05) is 13.8 Å². The normalized spacial score (nSPS) is 12.2. The number of ether oxygens (including phenoxy) is 1. The van der Waals surface area contributed by atoms with Crippen molar-refractivity contribution in [2.24, 2.45) is 0 Å². The van der Waals surface area contributed by atoms with Crippen molar-refractivity contribution in [1.29, 1.82) is 0 Å². The van der Waals surface area contributed by atoms with Crippen molar-refractivity contribution >= 4 is 11.9 Å². The minimum atomic E-state index is -1.06. The molecular formula is C14H19NO5. The van der Waals surface area contributed by atoms with E-state index >= 15 is 0 Å². The first-order valence-electron chi connectivity index (χ1n) is 6.34. The van der Waals surface area contributed by atoms with Gasteiger partial charge in [-0.15, -0.1) is 0 Å². The van der Waals surface area contributed by atoms with E-state index in [4.69, 9.17) is 9.84 Å². The number of carboxylic acids is 2. The van der Waals surface area contributed by atoms with Crippen LogP contribution >= 0.6 is 0 Å². The standard InChI is InChI=1S/C14H19NO5/c1-9(2)20-11-5-3-4-10(8-11)13(14(18)19)15-7-6-12(16)17/h3-5,8-9,13,15H,6-7H2,1-2H3,(H,16,17)(H,18,19). The Kier molecular flexibility index (Phi) is 5.99. The fraction of sp³-hybridized carbons (Fsp3) is 0.429. The minimum absolute atomic E-state index is 0.00602. The number of benzene rings is 1. The predicted molar refractivity (Wildman–Crippen MR) is 72.8 cm³/mol. The lowest BCUT2D eigenvalue weighted by atomic mass is 10.1. The van der Waals surface area contributed by atoms with Gasteiger partial charge < -0.3 is 20.3 Å². The Morgan fingerprint density at radius 1 is 1.30 bits per heavy atom. The first-order chi connectivity index (χ1) is 9.40. The van der Waals surface area contributed by atoms with Crippen molar-refractivity contribution in [2.45, 2.75) is 32.4 Å². The van der Waals surface area contributed by atoms with E-state index in [0.717, 1.165) is 0 Å². The van der Waals surface area contributed by atoms with Crippen LogP contribution in [0.3, 0.4) is 0 Å². The third-order valence-electron chi connectivity index (χ3n) is 2.50. The molecule has 0 heterocycles. The molecule has 0 saturated heterocycles. The molecule has 0 aliphatic heterocycles. The van der Waals surface area contributed by atoms with Gasteiger partial charge in [-0.25, -0.2) is 0 Å². The Bertz CT molecular complexity index is 472. The average molecular weight is 281 g/mol. The van der Waals surface area contributed by atoms with Crippen LogP contribution in [0.4, 0.5) is 0 Å². The highest BCUT2D eigenvalue weighted by Crippen LogP contribution is 2.20. The predicted octanol–water partition coefficient (Wildman–Crippen LogP) is 1.66. The Hall–Kier alpha value is -2.08. The van der Waals surface area contributed by atoms with Crippen LogP contribution in [0, 0.1) is 0 Å². The molecule has 1 rings (SSSR count). The summed E-state index contributed by atoms with van der Waals surface area (Å²) >= 11 is 0. The van der Waals surface area contributed by atoms with Crippen LogP contribution in [-0.4, -0.2) is 34.8 Å². The van der Waals surface area contributed by atoms with E-state index in [-0.39, 0.29) is 19.1 Å². The molecule has 6 nitrogen and oxygen atoms in total. The van der Waals surface area contributed by atoms with Gasteiger partial charge in [0.2, 0.25) is 0 Å². The third-order valence-corrected chi connectivity index (χ3v) is 2.50. The molecule has 1 unspecified atom stereocenters. The topological polar surface area (TPSA) is 95.9 Å². The van der Waals surface area contributed by atoms with Crippen molar-refractivity contribution in [3.63, 3.8) is 0 Å². The van der Waals surface area contributed by atoms with Crippen LogP contribution in [0.5, 0.6) is 5.75 Å². The minimum Gasteiger partial charge on any atom is -0.491 e. The maximum atomic E-state index is 11.3. The van der Waals surface area contributed by atoms with E-state index in [2.05, 4.69) is 5.32 Å². The molecule has 1 aromatic rings. The molecule has 0 radical (unpaired) electrons. The van der Waals surface area contributed by atoms with E-state index in [1.54, 1.807) is 24.3 Å². The largest absolute Gasteiger partial charge is 0.491 e. The molecule has 6 heteroatoms. The first-order valence-corrected chi connectivity index (χ1v) is 6.34. The number of aliphatic carboxylic acids is 2. The lowest BCUT2D eigenvalue weighted by molar-refractivity contribution is -0.141. The Morgan fingerprint density at radius 2 is 2.00 bits per heavy atom. The first kappa shape index (κ1) is 16.0. The van der Waals surface area contributed by atoms with E-state index in [1.165, 1.54) is 0 Å². The summed E-state index contributed by atoms with van der Waals surface area (Å²) in [6.07, 6.45) is -0.139. The summed E-state index contributed by atoms with van der Waals surface area (Å²) < 4.78 is 5.51. The number of rotatable bonds is 8. The molecule has 3 N–H and O–H groups in total. The quantitative estimate of drug-likeness (QED) is 0.670. The smallest absolute Gasteiger partial charge is 0.325 e. The summed E-state index contributed by atoms with van der Waals surface area (Å²) in [4.78, 5) is 21.7. The molecule has 0 amide bonds. The van der Waals surface area contributed by atoms with Crippen molar-refractivity contribution < 1.29 is 24.5 Å². The zero-order valence-corrected chi connectivity index (χ0v) is 11.5. The van der Waals surface area contributed by atoms with Gasteiger partial charge in [-0.3, -0.25) is 9.59 Å². The second kappa shape index (κ2) is 7.49. The summed E-state index contributed by atoms with van der Waals surface area (Å²) in [6, 6.07) is 5.82. The molecule has 1 aromatic carbocycles. The van der Waals surface area contributed by atoms with Gasteiger partial charge in [-0.05, 0) is 31.5 Å². The molecule has 0 aromatic heterocycles. The van der Waals surface area contributed by atoms with Gasteiger partial charge in [-0.2, -0.15) is 0 Å². The number of hydrogen-bond donors (Lipinski definition) is 3. The Morgan fingerprint density at radius 3 is 2.55 bits per heavy atom. The Balaban J connectivity index is 2.80. The zero-order chi connectivity index (χ0) is 15.1. The third kappa shape index (κ3) is 5.27. The molecule has 1 atom stereocenters. The zero-order valence-electron chi connectivity index (χ0n) is 11.5. The molecule has 0 spiro atoms. The van der Waals surface area contributed by atoms with Gasteiger partial charge in [0.15, 0.2) is 0 Å². The van der Waals surface area contributed by atoms with E-state index in [9.17, 15) is 14.7 Å². The summed E-state index contributed by atoms with van der Waals surface area (Å²) in [6.45, 7) is 3.85. The number of hydrogen-bond acceptors (Lipinski definition) is 4. The van der Waals surface area contributed by atoms with Crippen LogP contribution < -0.4 is 10.1 Å². The van der Waals surface area contributed by atoms with E-state index < -0.39 is 18.0 Å². The molecule has 0 bridgehead atoms. The highest BCUT2D eigenvalue weighted by atomic mass is 16.5. The fourth-order valence-corrected chi connectivity index (χ4v) is 1.71. The molecular weight excluding hydrogens is 262 g/mol. The van der Waals surface area contributed by atoms with Crippen LogP contribution in [0.2, 0.25) is 0 Å². The second-order valence-electron chi connectivity index (χ2n) is 4.61. The molecule has 20 heavy (non-hydrogen) atoms. The maximum Gasteiger partial charge on any atom is 0.325 e. The highest BCUT2D eigenvalue weighted by Gasteiger charge is 2.19. The lowest BCUT2D eigenvalue weighted by Crippen LogP contribution is -2.30. The maximum absolute atomic E-state index is 11.3. The number of nitrogens with one attached hydrogen (secondary N) is 1. The van der Waals surface area contributed by atoms with Crippen LogP contribution in [0.25, 0.3) is 0 Å². The SMILES string of the molecule is CC(C)Oc1cccc(C(NCCC(=O)O)C(=O)O)c1. The molecule has 0 saturated carbocycles. The van der Waals surface area contributed by atoms with Gasteiger partial charge in [0.1, 0.15) is 11.8 Å². The van der Waals surface area contributed by atoms with Gasteiger partial charge in [-0.1, -0.05) is 12.1 Å². The second-order valence-corrected chi connectivity index (χ2v) is 4.61. The van der Waals surface area contributed by atoms with Crippen LogP contribution in [0.15, 0.2) is 24.3 Å². The molecule has 0 fully saturated rings. The summed E-state index contributed by atoms with van der Waals surface area (Å²) in [5.41, 5.74) is 0.529. The molecule has 0 aliphatic rings. The fourth-order valence-electron chi connectivity index (χ4n) is 1.71. The van der Waals surface area contributed by atoms with Crippen molar-refractivity contribution in [1.82, 2.24) is 5.32 Å². The molecule has 0 aliphatic carbocycles. The summed E-state index contributed by atoms with van der Waals surface area (Å²) in [7, 11) is 0. The van der Waals surface area contributed by atoms with Gasteiger partial charge >= 0.3 is 11.9 Å². The van der Waals surface area contributed by atoms with E-state index in [0.29, 0.717) is 11.3 Å².